The predicted molar refractivity (Wildman–Crippen MR) is 72.2 cm³/mol. The van der Waals surface area contributed by atoms with Crippen LogP contribution in [0.4, 0.5) is 0 Å². The third-order valence-corrected chi connectivity index (χ3v) is 3.05. The molecule has 0 saturated carbocycles. The van der Waals surface area contributed by atoms with Gasteiger partial charge in [-0.3, -0.25) is 10.2 Å². The molecule has 1 N–H and O–H groups in total. The number of ether oxygens (including phenoxy) is 2. The van der Waals surface area contributed by atoms with Crippen LogP contribution in [0, 0.1) is 6.92 Å². The number of hydrogen-bond acceptors (Lipinski definition) is 4. The maximum Gasteiger partial charge on any atom is 0.272 e. The molecule has 1 aromatic rings. The predicted octanol–water partition coefficient (Wildman–Crippen LogP) is 1.39. The molecule has 19 heavy (non-hydrogen) atoms. The molecule has 6 heteroatoms. The van der Waals surface area contributed by atoms with E-state index in [1.54, 1.807) is 6.07 Å². The first kappa shape index (κ1) is 14.1. The van der Waals surface area contributed by atoms with Gasteiger partial charge in [-0.1, -0.05) is 17.7 Å². The summed E-state index contributed by atoms with van der Waals surface area (Å²) in [4.78, 5) is 11.7. The van der Waals surface area contributed by atoms with Crippen molar-refractivity contribution in [2.75, 3.05) is 32.9 Å². The molecule has 0 atom stereocenters. The summed E-state index contributed by atoms with van der Waals surface area (Å²) in [6.07, 6.45) is 0. The zero-order chi connectivity index (χ0) is 13.7. The number of carbonyl (C=O) groups excluding carboxylic acids is 1. The quantitative estimate of drug-likeness (QED) is 0.908. The molecule has 5 nitrogen and oxygen atoms in total. The Labute approximate surface area is 117 Å². The van der Waals surface area contributed by atoms with E-state index in [1.165, 1.54) is 0 Å². The van der Waals surface area contributed by atoms with E-state index in [0.29, 0.717) is 37.1 Å². The molecule has 0 radical (unpaired) electrons. The van der Waals surface area contributed by atoms with E-state index in [9.17, 15) is 4.79 Å². The molecule has 1 aliphatic heterocycles. The van der Waals surface area contributed by atoms with Gasteiger partial charge in [-0.15, -0.1) is 0 Å². The number of morpholine rings is 1. The Morgan fingerprint density at radius 3 is 2.95 bits per heavy atom. The standard InChI is InChI=1S/C13H17ClN2O3/c1-10-2-3-11(14)12(8-10)19-9-13(17)15-16-4-6-18-7-5-16/h2-3,8H,4-7,9H2,1H3,(H,15,17). The van der Waals surface area contributed by atoms with Gasteiger partial charge in [-0.25, -0.2) is 5.01 Å². The fraction of sp³-hybridized carbons (Fsp3) is 0.462. The Morgan fingerprint density at radius 2 is 2.21 bits per heavy atom. The highest BCUT2D eigenvalue weighted by Crippen LogP contribution is 2.24. The second kappa shape index (κ2) is 6.75. The minimum atomic E-state index is -0.195. The molecule has 0 spiro atoms. The molecule has 1 fully saturated rings. The SMILES string of the molecule is Cc1ccc(Cl)c(OCC(=O)NN2CCOCC2)c1. The van der Waals surface area contributed by atoms with Crippen molar-refractivity contribution in [3.05, 3.63) is 28.8 Å². The Hall–Kier alpha value is -1.30. The maximum atomic E-state index is 11.7. The molecule has 2 rings (SSSR count). The maximum absolute atomic E-state index is 11.7. The minimum Gasteiger partial charge on any atom is -0.482 e. The summed E-state index contributed by atoms with van der Waals surface area (Å²) < 4.78 is 10.6. The van der Waals surface area contributed by atoms with Gasteiger partial charge in [0.25, 0.3) is 5.91 Å². The summed E-state index contributed by atoms with van der Waals surface area (Å²) in [5, 5.41) is 2.33. The van der Waals surface area contributed by atoms with Gasteiger partial charge in [-0.05, 0) is 24.6 Å². The van der Waals surface area contributed by atoms with E-state index in [1.807, 2.05) is 24.1 Å². The fourth-order valence-corrected chi connectivity index (χ4v) is 1.92. The number of aryl methyl sites for hydroxylation is 1. The summed E-state index contributed by atoms with van der Waals surface area (Å²) in [6, 6.07) is 5.46. The summed E-state index contributed by atoms with van der Waals surface area (Å²) in [5.41, 5.74) is 3.80. The number of hydrazine groups is 1. The van der Waals surface area contributed by atoms with Gasteiger partial charge >= 0.3 is 0 Å². The lowest BCUT2D eigenvalue weighted by atomic mass is 10.2. The van der Waals surface area contributed by atoms with Crippen LogP contribution in [0.25, 0.3) is 0 Å². The van der Waals surface area contributed by atoms with Gasteiger partial charge in [0.2, 0.25) is 0 Å². The van der Waals surface area contributed by atoms with Crippen LogP contribution in [0.5, 0.6) is 5.75 Å². The topological polar surface area (TPSA) is 50.8 Å². The van der Waals surface area contributed by atoms with E-state index >= 15 is 0 Å². The lowest BCUT2D eigenvalue weighted by molar-refractivity contribution is -0.130. The van der Waals surface area contributed by atoms with E-state index < -0.39 is 0 Å². The summed E-state index contributed by atoms with van der Waals surface area (Å²) in [6.45, 7) is 4.53. The van der Waals surface area contributed by atoms with Crippen molar-refractivity contribution in [3.8, 4) is 5.75 Å². The van der Waals surface area contributed by atoms with Gasteiger partial charge in [-0.2, -0.15) is 0 Å². The Morgan fingerprint density at radius 1 is 1.47 bits per heavy atom. The minimum absolute atomic E-state index is 0.0550. The molecule has 1 saturated heterocycles. The Balaban J connectivity index is 1.81. The number of nitrogens with zero attached hydrogens (tertiary/aromatic N) is 1. The van der Waals surface area contributed by atoms with Crippen LogP contribution in [0.3, 0.4) is 0 Å². The van der Waals surface area contributed by atoms with E-state index in [-0.39, 0.29) is 12.5 Å². The van der Waals surface area contributed by atoms with Crippen LogP contribution in [-0.4, -0.2) is 43.8 Å². The second-order valence-electron chi connectivity index (χ2n) is 4.36. The molecular weight excluding hydrogens is 268 g/mol. The van der Waals surface area contributed by atoms with Crippen molar-refractivity contribution >= 4 is 17.5 Å². The highest BCUT2D eigenvalue weighted by atomic mass is 35.5. The molecule has 1 amide bonds. The third-order valence-electron chi connectivity index (χ3n) is 2.74. The number of nitrogens with one attached hydrogen (secondary N) is 1. The zero-order valence-corrected chi connectivity index (χ0v) is 11.6. The number of benzene rings is 1. The van der Waals surface area contributed by atoms with Gasteiger partial charge < -0.3 is 9.47 Å². The van der Waals surface area contributed by atoms with Crippen molar-refractivity contribution in [1.29, 1.82) is 0 Å². The van der Waals surface area contributed by atoms with Crippen molar-refractivity contribution in [2.24, 2.45) is 0 Å². The molecular formula is C13H17ClN2O3. The second-order valence-corrected chi connectivity index (χ2v) is 4.76. The molecule has 0 aromatic heterocycles. The van der Waals surface area contributed by atoms with Crippen molar-refractivity contribution < 1.29 is 14.3 Å². The lowest BCUT2D eigenvalue weighted by Crippen LogP contribution is -2.49. The number of halogens is 1. The largest absolute Gasteiger partial charge is 0.482 e. The smallest absolute Gasteiger partial charge is 0.272 e. The number of rotatable bonds is 4. The van der Waals surface area contributed by atoms with Gasteiger partial charge in [0, 0.05) is 13.1 Å². The molecule has 1 aliphatic rings. The number of carbonyl (C=O) groups is 1. The first-order valence-corrected chi connectivity index (χ1v) is 6.54. The third kappa shape index (κ3) is 4.38. The lowest BCUT2D eigenvalue weighted by Gasteiger charge is -2.26. The van der Waals surface area contributed by atoms with Crippen LogP contribution >= 0.6 is 11.6 Å². The van der Waals surface area contributed by atoms with Crippen LogP contribution in [0.1, 0.15) is 5.56 Å². The van der Waals surface area contributed by atoms with Crippen LogP contribution < -0.4 is 10.2 Å². The van der Waals surface area contributed by atoms with Crippen LogP contribution in [0.2, 0.25) is 5.02 Å². The zero-order valence-electron chi connectivity index (χ0n) is 10.8. The molecule has 0 bridgehead atoms. The van der Waals surface area contributed by atoms with Crippen LogP contribution in [-0.2, 0) is 9.53 Å². The van der Waals surface area contributed by atoms with E-state index in [2.05, 4.69) is 5.43 Å². The fourth-order valence-electron chi connectivity index (χ4n) is 1.75. The first-order valence-electron chi connectivity index (χ1n) is 6.16. The monoisotopic (exact) mass is 284 g/mol. The molecule has 1 aromatic carbocycles. The van der Waals surface area contributed by atoms with Gasteiger partial charge in [0.05, 0.1) is 18.2 Å². The average molecular weight is 285 g/mol. The summed E-state index contributed by atoms with van der Waals surface area (Å²) >= 11 is 5.99. The normalized spacial score (nSPS) is 16.1. The van der Waals surface area contributed by atoms with Crippen LogP contribution in [0.15, 0.2) is 18.2 Å². The number of hydrogen-bond donors (Lipinski definition) is 1. The average Bonchev–Trinajstić information content (AvgIpc) is 2.41. The van der Waals surface area contributed by atoms with E-state index in [4.69, 9.17) is 21.1 Å². The van der Waals surface area contributed by atoms with Gasteiger partial charge in [0.1, 0.15) is 5.75 Å². The summed E-state index contributed by atoms with van der Waals surface area (Å²) in [5.74, 6) is 0.332. The Kier molecular flexibility index (Phi) is 5.01. The molecule has 0 unspecified atom stereocenters. The van der Waals surface area contributed by atoms with Gasteiger partial charge in [0.15, 0.2) is 6.61 Å². The van der Waals surface area contributed by atoms with Crippen molar-refractivity contribution in [2.45, 2.75) is 6.92 Å². The van der Waals surface area contributed by atoms with E-state index in [0.717, 1.165) is 5.56 Å². The highest BCUT2D eigenvalue weighted by Gasteiger charge is 2.13. The molecule has 104 valence electrons. The Bertz CT molecular complexity index is 448. The molecule has 0 aliphatic carbocycles. The number of amides is 1. The summed E-state index contributed by atoms with van der Waals surface area (Å²) in [7, 11) is 0. The molecule has 1 heterocycles. The van der Waals surface area contributed by atoms with Crippen molar-refractivity contribution in [1.82, 2.24) is 10.4 Å². The van der Waals surface area contributed by atoms with Crippen molar-refractivity contribution in [3.63, 3.8) is 0 Å². The highest BCUT2D eigenvalue weighted by molar-refractivity contribution is 6.32. The first-order chi connectivity index (χ1) is 9.15.